The summed E-state index contributed by atoms with van der Waals surface area (Å²) in [4.78, 5) is 6.67. The highest BCUT2D eigenvalue weighted by Gasteiger charge is 2.11. The quantitative estimate of drug-likeness (QED) is 0.382. The van der Waals surface area contributed by atoms with E-state index in [0.717, 1.165) is 41.4 Å². The summed E-state index contributed by atoms with van der Waals surface area (Å²) in [5, 5.41) is 4.50. The summed E-state index contributed by atoms with van der Waals surface area (Å²) in [6.07, 6.45) is 2.49. The second-order valence-electron chi connectivity index (χ2n) is 6.06. The van der Waals surface area contributed by atoms with Gasteiger partial charge in [0.2, 0.25) is 0 Å². The molecule has 1 aromatic carbocycles. The van der Waals surface area contributed by atoms with Crippen LogP contribution in [-0.2, 0) is 17.7 Å². The minimum Gasteiger partial charge on any atom is -0.469 e. The van der Waals surface area contributed by atoms with Crippen LogP contribution in [0.3, 0.4) is 0 Å². The number of nitrogens with one attached hydrogen (secondary N) is 1. The number of aliphatic imine (C=N–C) groups is 1. The molecule has 0 fully saturated rings. The molecule has 0 aliphatic rings. The van der Waals surface area contributed by atoms with E-state index >= 15 is 0 Å². The van der Waals surface area contributed by atoms with Crippen molar-refractivity contribution in [2.45, 2.75) is 13.0 Å². The van der Waals surface area contributed by atoms with Crippen molar-refractivity contribution in [1.82, 2.24) is 10.2 Å². The Hall–Kier alpha value is -2.73. The molecule has 0 radical (unpaired) electrons. The SMILES string of the molecule is COCCN=C(NCCc1ccco1)N(C)Cc1cc2ccccc2o1. The van der Waals surface area contributed by atoms with Crippen LogP contribution in [-0.4, -0.2) is 44.7 Å². The monoisotopic (exact) mass is 355 g/mol. The fourth-order valence-corrected chi connectivity index (χ4v) is 2.73. The maximum Gasteiger partial charge on any atom is 0.194 e. The maximum absolute atomic E-state index is 5.91. The summed E-state index contributed by atoms with van der Waals surface area (Å²) >= 11 is 0. The molecule has 0 bridgehead atoms. The lowest BCUT2D eigenvalue weighted by atomic mass is 10.2. The zero-order valence-electron chi connectivity index (χ0n) is 15.3. The third-order valence-electron chi connectivity index (χ3n) is 4.02. The molecule has 3 aromatic rings. The van der Waals surface area contributed by atoms with Gasteiger partial charge in [-0.15, -0.1) is 0 Å². The number of methoxy groups -OCH3 is 1. The molecule has 0 unspecified atom stereocenters. The van der Waals surface area contributed by atoms with Crippen LogP contribution in [0.5, 0.6) is 0 Å². The van der Waals surface area contributed by atoms with Crippen molar-refractivity contribution in [2.75, 3.05) is 33.9 Å². The normalized spacial score (nSPS) is 11.8. The highest BCUT2D eigenvalue weighted by atomic mass is 16.5. The molecular formula is C20H25N3O3. The number of fused-ring (bicyclic) bond motifs is 1. The molecule has 0 aliphatic heterocycles. The largest absolute Gasteiger partial charge is 0.469 e. The first-order valence-electron chi connectivity index (χ1n) is 8.74. The fourth-order valence-electron chi connectivity index (χ4n) is 2.73. The van der Waals surface area contributed by atoms with Crippen LogP contribution >= 0.6 is 0 Å². The molecule has 1 N–H and O–H groups in total. The topological polar surface area (TPSA) is 63.1 Å². The first-order chi connectivity index (χ1) is 12.8. The van der Waals surface area contributed by atoms with Crippen LogP contribution in [0.15, 0.2) is 62.6 Å². The molecule has 0 saturated carbocycles. The molecule has 2 aromatic heterocycles. The standard InChI is InChI=1S/C20H25N3O3/c1-23(15-18-14-16-6-3-4-8-19(16)26-18)20(22-11-13-24-2)21-10-9-17-7-5-12-25-17/h3-8,12,14H,9-11,13,15H2,1-2H3,(H,21,22). The first-order valence-corrected chi connectivity index (χ1v) is 8.74. The number of hydrogen-bond acceptors (Lipinski definition) is 4. The van der Waals surface area contributed by atoms with Crippen molar-refractivity contribution in [2.24, 2.45) is 4.99 Å². The summed E-state index contributed by atoms with van der Waals surface area (Å²) in [5.74, 6) is 2.67. The van der Waals surface area contributed by atoms with Crippen LogP contribution in [0.25, 0.3) is 11.0 Å². The summed E-state index contributed by atoms with van der Waals surface area (Å²) in [5.41, 5.74) is 0.902. The molecule has 3 rings (SSSR count). The van der Waals surface area contributed by atoms with E-state index in [9.17, 15) is 0 Å². The zero-order chi connectivity index (χ0) is 18.2. The van der Waals surface area contributed by atoms with Crippen molar-refractivity contribution < 1.29 is 13.6 Å². The molecular weight excluding hydrogens is 330 g/mol. The fraction of sp³-hybridized carbons (Fsp3) is 0.350. The Bertz CT molecular complexity index is 791. The Morgan fingerprint density at radius 2 is 2.08 bits per heavy atom. The van der Waals surface area contributed by atoms with Gasteiger partial charge in [0.05, 0.1) is 26.0 Å². The number of ether oxygens (including phenoxy) is 1. The molecule has 26 heavy (non-hydrogen) atoms. The lowest BCUT2D eigenvalue weighted by Gasteiger charge is -2.21. The van der Waals surface area contributed by atoms with Crippen molar-refractivity contribution in [1.29, 1.82) is 0 Å². The van der Waals surface area contributed by atoms with Crippen LogP contribution in [0.2, 0.25) is 0 Å². The van der Waals surface area contributed by atoms with Gasteiger partial charge in [-0.25, -0.2) is 0 Å². The smallest absolute Gasteiger partial charge is 0.194 e. The highest BCUT2D eigenvalue weighted by Crippen LogP contribution is 2.19. The summed E-state index contributed by atoms with van der Waals surface area (Å²) in [6.45, 7) is 2.56. The second-order valence-corrected chi connectivity index (χ2v) is 6.06. The number of furan rings is 2. The van der Waals surface area contributed by atoms with E-state index in [-0.39, 0.29) is 0 Å². The summed E-state index contributed by atoms with van der Waals surface area (Å²) in [6, 6.07) is 14.0. The van der Waals surface area contributed by atoms with E-state index in [4.69, 9.17) is 13.6 Å². The molecule has 0 amide bonds. The Labute approximate surface area is 153 Å². The van der Waals surface area contributed by atoms with Gasteiger partial charge < -0.3 is 23.8 Å². The molecule has 0 atom stereocenters. The Morgan fingerprint density at radius 3 is 2.85 bits per heavy atom. The van der Waals surface area contributed by atoms with Gasteiger partial charge in [0.25, 0.3) is 0 Å². The van der Waals surface area contributed by atoms with E-state index < -0.39 is 0 Å². The third kappa shape index (κ3) is 4.89. The van der Waals surface area contributed by atoms with Crippen molar-refractivity contribution in [3.05, 3.63) is 60.2 Å². The van der Waals surface area contributed by atoms with Crippen molar-refractivity contribution >= 4 is 16.9 Å². The lowest BCUT2D eigenvalue weighted by molar-refractivity contribution is 0.207. The highest BCUT2D eigenvalue weighted by molar-refractivity contribution is 5.80. The van der Waals surface area contributed by atoms with Gasteiger partial charge in [-0.2, -0.15) is 0 Å². The molecule has 138 valence electrons. The number of benzene rings is 1. The Kier molecular flexibility index (Phi) is 6.33. The minimum atomic E-state index is 0.585. The molecule has 0 aliphatic carbocycles. The number of guanidine groups is 1. The summed E-state index contributed by atoms with van der Waals surface area (Å²) < 4.78 is 16.4. The van der Waals surface area contributed by atoms with E-state index in [1.54, 1.807) is 13.4 Å². The van der Waals surface area contributed by atoms with E-state index in [1.165, 1.54) is 0 Å². The van der Waals surface area contributed by atoms with E-state index in [0.29, 0.717) is 19.7 Å². The van der Waals surface area contributed by atoms with Gasteiger partial charge >= 0.3 is 0 Å². The van der Waals surface area contributed by atoms with Crippen LogP contribution in [0.4, 0.5) is 0 Å². The number of para-hydroxylation sites is 1. The molecule has 2 heterocycles. The van der Waals surface area contributed by atoms with E-state index in [1.807, 2.05) is 37.4 Å². The van der Waals surface area contributed by atoms with Gasteiger partial charge in [0.1, 0.15) is 17.1 Å². The minimum absolute atomic E-state index is 0.585. The van der Waals surface area contributed by atoms with Gasteiger partial charge in [0.15, 0.2) is 5.96 Å². The van der Waals surface area contributed by atoms with Gasteiger partial charge in [-0.05, 0) is 24.3 Å². The molecule has 0 spiro atoms. The average molecular weight is 355 g/mol. The van der Waals surface area contributed by atoms with E-state index in [2.05, 4.69) is 27.3 Å². The number of rotatable bonds is 8. The third-order valence-corrected chi connectivity index (χ3v) is 4.02. The van der Waals surface area contributed by atoms with Gasteiger partial charge in [-0.3, -0.25) is 4.99 Å². The van der Waals surface area contributed by atoms with Crippen LogP contribution in [0.1, 0.15) is 11.5 Å². The van der Waals surface area contributed by atoms with Gasteiger partial charge in [-0.1, -0.05) is 18.2 Å². The van der Waals surface area contributed by atoms with Crippen LogP contribution < -0.4 is 5.32 Å². The summed E-state index contributed by atoms with van der Waals surface area (Å²) in [7, 11) is 3.68. The first kappa shape index (κ1) is 18.1. The maximum atomic E-state index is 5.91. The average Bonchev–Trinajstić information content (AvgIpc) is 3.29. The van der Waals surface area contributed by atoms with Crippen LogP contribution in [0, 0.1) is 0 Å². The molecule has 6 heteroatoms. The zero-order valence-corrected chi connectivity index (χ0v) is 15.3. The lowest BCUT2D eigenvalue weighted by Crippen LogP contribution is -2.39. The molecule has 6 nitrogen and oxygen atoms in total. The van der Waals surface area contributed by atoms with Crippen molar-refractivity contribution in [3.63, 3.8) is 0 Å². The Morgan fingerprint density at radius 1 is 1.19 bits per heavy atom. The second kappa shape index (κ2) is 9.10. The molecule has 0 saturated heterocycles. The predicted octanol–water partition coefficient (Wildman–Crippen LogP) is 3.29. The number of nitrogens with zero attached hydrogens (tertiary/aromatic N) is 2. The Balaban J connectivity index is 1.62. The van der Waals surface area contributed by atoms with Crippen molar-refractivity contribution in [3.8, 4) is 0 Å². The number of hydrogen-bond donors (Lipinski definition) is 1. The van der Waals surface area contributed by atoms with Gasteiger partial charge in [0, 0.05) is 32.5 Å². The predicted molar refractivity (Wildman–Crippen MR) is 102 cm³/mol.